The van der Waals surface area contributed by atoms with E-state index in [0.29, 0.717) is 32.6 Å². The van der Waals surface area contributed by atoms with E-state index in [1.807, 2.05) is 65.9 Å². The SMILES string of the molecule is Cc1ccc2c([C@@H](C)N(C(=O)[C@H]3CN(Cc4ccccc4)[C@@H](CO)CO3)C3CC3)nn(CCCNC(=O)O)c2n1. The third-order valence-electron chi connectivity index (χ3n) is 7.72. The molecule has 2 fully saturated rings. The molecule has 1 saturated carbocycles. The fourth-order valence-corrected chi connectivity index (χ4v) is 5.47. The number of benzene rings is 1. The lowest BCUT2D eigenvalue weighted by Crippen LogP contribution is -2.56. The minimum absolute atomic E-state index is 0.0334. The third-order valence-corrected chi connectivity index (χ3v) is 7.72. The van der Waals surface area contributed by atoms with Crippen molar-refractivity contribution < 1.29 is 24.5 Å². The van der Waals surface area contributed by atoms with Gasteiger partial charge in [0.05, 0.1) is 31.0 Å². The average molecular weight is 551 g/mol. The van der Waals surface area contributed by atoms with E-state index < -0.39 is 12.2 Å². The van der Waals surface area contributed by atoms with Gasteiger partial charge in [-0.1, -0.05) is 30.3 Å². The molecule has 0 spiro atoms. The molecule has 0 bridgehead atoms. The number of pyridine rings is 1. The van der Waals surface area contributed by atoms with Gasteiger partial charge in [-0.25, -0.2) is 14.5 Å². The maximum absolute atomic E-state index is 14.1. The highest BCUT2D eigenvalue weighted by Gasteiger charge is 2.43. The van der Waals surface area contributed by atoms with Gasteiger partial charge in [-0.15, -0.1) is 0 Å². The van der Waals surface area contributed by atoms with Crippen LogP contribution in [0.25, 0.3) is 11.0 Å². The molecule has 0 unspecified atom stereocenters. The summed E-state index contributed by atoms with van der Waals surface area (Å²) in [5.74, 6) is -0.0575. The summed E-state index contributed by atoms with van der Waals surface area (Å²) in [6.07, 6.45) is 0.756. The Balaban J connectivity index is 1.37. The van der Waals surface area contributed by atoms with Gasteiger partial charge in [-0.05, 0) is 50.8 Å². The Morgan fingerprint density at radius 2 is 1.98 bits per heavy atom. The van der Waals surface area contributed by atoms with Crippen molar-refractivity contribution in [3.05, 3.63) is 59.4 Å². The number of nitrogens with one attached hydrogen (secondary N) is 1. The van der Waals surface area contributed by atoms with Gasteiger partial charge in [-0.2, -0.15) is 5.10 Å². The van der Waals surface area contributed by atoms with E-state index in [2.05, 4.69) is 10.2 Å². The highest BCUT2D eigenvalue weighted by molar-refractivity contribution is 5.84. The fourth-order valence-electron chi connectivity index (χ4n) is 5.47. The van der Waals surface area contributed by atoms with E-state index >= 15 is 0 Å². The number of aliphatic hydroxyl groups is 1. The third kappa shape index (κ3) is 6.27. The normalized spacial score (nSPS) is 20.4. The molecular weight excluding hydrogens is 512 g/mol. The van der Waals surface area contributed by atoms with Crippen LogP contribution in [-0.4, -0.2) is 91.3 Å². The van der Waals surface area contributed by atoms with Crippen LogP contribution < -0.4 is 5.32 Å². The Morgan fingerprint density at radius 1 is 1.20 bits per heavy atom. The van der Waals surface area contributed by atoms with Gasteiger partial charge >= 0.3 is 6.09 Å². The van der Waals surface area contributed by atoms with Crippen LogP contribution >= 0.6 is 0 Å². The summed E-state index contributed by atoms with van der Waals surface area (Å²) in [6, 6.07) is 13.7. The molecule has 3 atom stereocenters. The largest absolute Gasteiger partial charge is 0.465 e. The minimum Gasteiger partial charge on any atom is -0.465 e. The lowest BCUT2D eigenvalue weighted by molar-refractivity contribution is -0.158. The van der Waals surface area contributed by atoms with Crippen molar-refractivity contribution in [2.45, 2.75) is 70.4 Å². The molecule has 3 N–H and O–H groups in total. The maximum atomic E-state index is 14.1. The molecule has 1 aliphatic carbocycles. The van der Waals surface area contributed by atoms with Crippen LogP contribution in [0, 0.1) is 6.92 Å². The van der Waals surface area contributed by atoms with Gasteiger partial charge in [0.2, 0.25) is 0 Å². The van der Waals surface area contributed by atoms with E-state index in [-0.39, 0.29) is 37.2 Å². The van der Waals surface area contributed by atoms with E-state index in [1.54, 1.807) is 0 Å². The molecule has 3 heterocycles. The standard InChI is InChI=1S/C29H38N6O5/c1-19-9-12-24-26(32-34(27(24)31-19)14-6-13-30-29(38)39)20(2)35(22-10-11-22)28(37)25-16-33(23(17-36)18-40-25)15-21-7-4-3-5-8-21/h3-5,7-9,12,20,22-23,25,30,36H,6,10-11,13-18H2,1-2H3,(H,38,39)/t20-,23+,25-/m1/s1. The molecule has 1 aromatic carbocycles. The van der Waals surface area contributed by atoms with Crippen molar-refractivity contribution in [2.24, 2.45) is 0 Å². The average Bonchev–Trinajstić information content (AvgIpc) is 3.72. The fraction of sp³-hybridized carbons (Fsp3) is 0.517. The van der Waals surface area contributed by atoms with Crippen molar-refractivity contribution in [2.75, 3.05) is 26.3 Å². The molecular formula is C29H38N6O5. The molecule has 2 aromatic heterocycles. The Labute approximate surface area is 233 Å². The number of carboxylic acid groups (broad SMARTS) is 1. The van der Waals surface area contributed by atoms with Crippen LogP contribution in [0.4, 0.5) is 4.79 Å². The van der Waals surface area contributed by atoms with Crippen LogP contribution in [0.2, 0.25) is 0 Å². The van der Waals surface area contributed by atoms with Gasteiger partial charge in [0.15, 0.2) is 5.65 Å². The second kappa shape index (κ2) is 12.3. The summed E-state index contributed by atoms with van der Waals surface area (Å²) in [5, 5.41) is 27.0. The van der Waals surface area contributed by atoms with E-state index in [1.165, 1.54) is 0 Å². The number of carbonyl (C=O) groups is 2. The van der Waals surface area contributed by atoms with Crippen molar-refractivity contribution in [3.8, 4) is 0 Å². The molecule has 11 heteroatoms. The number of morpholine rings is 1. The quantitative estimate of drug-likeness (QED) is 0.311. The summed E-state index contributed by atoms with van der Waals surface area (Å²) in [4.78, 5) is 33.7. The number of aromatic nitrogens is 3. The number of fused-ring (bicyclic) bond motifs is 1. The topological polar surface area (TPSA) is 133 Å². The first kappa shape index (κ1) is 28.0. The van der Waals surface area contributed by atoms with E-state index in [0.717, 1.165) is 40.8 Å². The molecule has 1 saturated heterocycles. The summed E-state index contributed by atoms with van der Waals surface area (Å²) in [6.45, 7) is 6.04. The predicted octanol–water partition coefficient (Wildman–Crippen LogP) is 2.71. The molecule has 1 aliphatic heterocycles. The molecule has 40 heavy (non-hydrogen) atoms. The number of hydrogen-bond acceptors (Lipinski definition) is 7. The van der Waals surface area contributed by atoms with Gasteiger partial charge in [0.1, 0.15) is 6.10 Å². The van der Waals surface area contributed by atoms with E-state index in [4.69, 9.17) is 19.9 Å². The number of nitrogens with zero attached hydrogens (tertiary/aromatic N) is 5. The zero-order valence-electron chi connectivity index (χ0n) is 23.1. The Bertz CT molecular complexity index is 1330. The molecule has 2 aliphatic rings. The number of rotatable bonds is 11. The van der Waals surface area contributed by atoms with Crippen molar-refractivity contribution >= 4 is 23.0 Å². The monoisotopic (exact) mass is 550 g/mol. The Hall–Kier alpha value is -3.54. The number of aliphatic hydroxyl groups excluding tert-OH is 1. The zero-order chi connectivity index (χ0) is 28.2. The summed E-state index contributed by atoms with van der Waals surface area (Å²) < 4.78 is 7.88. The first-order valence-electron chi connectivity index (χ1n) is 14.0. The first-order chi connectivity index (χ1) is 19.4. The zero-order valence-corrected chi connectivity index (χ0v) is 23.1. The molecule has 214 valence electrons. The van der Waals surface area contributed by atoms with Gasteiger partial charge < -0.3 is 25.2 Å². The number of aryl methyl sites for hydroxylation is 2. The number of amides is 2. The van der Waals surface area contributed by atoms with Crippen molar-refractivity contribution in [1.29, 1.82) is 0 Å². The minimum atomic E-state index is -1.05. The smallest absolute Gasteiger partial charge is 0.404 e. The number of hydrogen-bond donors (Lipinski definition) is 3. The number of ether oxygens (including phenoxy) is 1. The molecule has 3 aromatic rings. The summed E-state index contributed by atoms with van der Waals surface area (Å²) in [5.41, 5.74) is 3.49. The van der Waals surface area contributed by atoms with Gasteiger partial charge in [0.25, 0.3) is 5.91 Å². The molecule has 5 rings (SSSR count). The van der Waals surface area contributed by atoms with Crippen LogP contribution in [0.1, 0.15) is 49.2 Å². The molecule has 2 amide bonds. The van der Waals surface area contributed by atoms with Gasteiger partial charge in [-0.3, -0.25) is 9.69 Å². The summed E-state index contributed by atoms with van der Waals surface area (Å²) in [7, 11) is 0. The first-order valence-corrected chi connectivity index (χ1v) is 14.0. The maximum Gasteiger partial charge on any atom is 0.404 e. The molecule has 11 nitrogen and oxygen atoms in total. The Morgan fingerprint density at radius 3 is 2.67 bits per heavy atom. The van der Waals surface area contributed by atoms with Gasteiger partial charge in [0, 0.05) is 43.3 Å². The highest BCUT2D eigenvalue weighted by atomic mass is 16.5. The summed E-state index contributed by atoms with van der Waals surface area (Å²) >= 11 is 0. The van der Waals surface area contributed by atoms with E-state index in [9.17, 15) is 14.7 Å². The second-order valence-corrected chi connectivity index (χ2v) is 10.7. The highest BCUT2D eigenvalue weighted by Crippen LogP contribution is 2.37. The lowest BCUT2D eigenvalue weighted by Gasteiger charge is -2.40. The lowest BCUT2D eigenvalue weighted by atomic mass is 10.1. The second-order valence-electron chi connectivity index (χ2n) is 10.7. The van der Waals surface area contributed by atoms with Crippen LogP contribution in [-0.2, 0) is 22.6 Å². The van der Waals surface area contributed by atoms with Crippen molar-refractivity contribution in [3.63, 3.8) is 0 Å². The van der Waals surface area contributed by atoms with Crippen molar-refractivity contribution in [1.82, 2.24) is 29.9 Å². The van der Waals surface area contributed by atoms with Crippen LogP contribution in [0.3, 0.4) is 0 Å². The molecule has 0 radical (unpaired) electrons. The Kier molecular flexibility index (Phi) is 8.63. The van der Waals surface area contributed by atoms with Crippen LogP contribution in [0.15, 0.2) is 42.5 Å². The predicted molar refractivity (Wildman–Crippen MR) is 149 cm³/mol. The number of carbonyl (C=O) groups excluding carboxylic acids is 1. The van der Waals surface area contributed by atoms with Crippen LogP contribution in [0.5, 0.6) is 0 Å².